The zero-order valence-electron chi connectivity index (χ0n) is 17.0. The molecule has 8 nitrogen and oxygen atoms in total. The molecule has 0 fully saturated rings. The number of nitrogens with one attached hydrogen (secondary N) is 1. The van der Waals surface area contributed by atoms with Gasteiger partial charge in [-0.25, -0.2) is 0 Å². The average molecular weight is 430 g/mol. The number of benzene rings is 2. The second-order valence-electron chi connectivity index (χ2n) is 6.37. The largest absolute Gasteiger partial charge is 0.490 e. The number of rotatable bonds is 13. The SMILES string of the molecule is CCOc1cc(CNCCCSc2nnnn2-c2ccccc2)ccc1OCCO. The topological polar surface area (TPSA) is 94.3 Å². The van der Waals surface area contributed by atoms with E-state index in [-0.39, 0.29) is 13.2 Å². The van der Waals surface area contributed by atoms with Crippen molar-refractivity contribution >= 4 is 11.8 Å². The molecular formula is C21H27N5O3S. The Bertz CT molecular complexity index is 891. The summed E-state index contributed by atoms with van der Waals surface area (Å²) in [6, 6.07) is 15.7. The summed E-state index contributed by atoms with van der Waals surface area (Å²) in [7, 11) is 0. The molecule has 0 aliphatic rings. The predicted octanol–water partition coefficient (Wildman–Crippen LogP) is 2.70. The van der Waals surface area contributed by atoms with Crippen molar-refractivity contribution in [3.8, 4) is 17.2 Å². The van der Waals surface area contributed by atoms with Crippen molar-refractivity contribution < 1.29 is 14.6 Å². The number of hydrogen-bond donors (Lipinski definition) is 2. The van der Waals surface area contributed by atoms with Gasteiger partial charge in [-0.3, -0.25) is 0 Å². The van der Waals surface area contributed by atoms with Gasteiger partial charge in [-0.05, 0) is 60.1 Å². The molecule has 0 unspecified atom stereocenters. The molecule has 0 saturated carbocycles. The molecule has 3 rings (SSSR count). The summed E-state index contributed by atoms with van der Waals surface area (Å²) >= 11 is 1.64. The van der Waals surface area contributed by atoms with Crippen LogP contribution in [0.5, 0.6) is 11.5 Å². The number of nitrogens with zero attached hydrogens (tertiary/aromatic N) is 4. The third-order valence-corrected chi connectivity index (χ3v) is 5.16. The number of aromatic nitrogens is 4. The van der Waals surface area contributed by atoms with E-state index in [1.165, 1.54) is 0 Å². The monoisotopic (exact) mass is 429 g/mol. The molecule has 3 aromatic rings. The summed E-state index contributed by atoms with van der Waals surface area (Å²) in [5.41, 5.74) is 2.08. The van der Waals surface area contributed by atoms with Gasteiger partial charge in [0.05, 0.1) is 18.9 Å². The summed E-state index contributed by atoms with van der Waals surface area (Å²) < 4.78 is 12.9. The van der Waals surface area contributed by atoms with E-state index in [1.54, 1.807) is 16.4 Å². The number of hydrogen-bond acceptors (Lipinski definition) is 8. The quantitative estimate of drug-likeness (QED) is 0.316. The Morgan fingerprint density at radius 2 is 1.97 bits per heavy atom. The van der Waals surface area contributed by atoms with E-state index in [4.69, 9.17) is 14.6 Å². The van der Waals surface area contributed by atoms with Crippen LogP contribution in [0.2, 0.25) is 0 Å². The van der Waals surface area contributed by atoms with Gasteiger partial charge in [0.1, 0.15) is 6.61 Å². The second kappa shape index (κ2) is 12.2. The molecule has 0 amide bonds. The summed E-state index contributed by atoms with van der Waals surface area (Å²) in [6.45, 7) is 4.35. The third-order valence-electron chi connectivity index (χ3n) is 4.16. The molecule has 2 aromatic carbocycles. The first-order valence-electron chi connectivity index (χ1n) is 9.98. The van der Waals surface area contributed by atoms with Gasteiger partial charge < -0.3 is 19.9 Å². The fourth-order valence-electron chi connectivity index (χ4n) is 2.80. The van der Waals surface area contributed by atoms with Crippen molar-refractivity contribution in [2.24, 2.45) is 0 Å². The van der Waals surface area contributed by atoms with Gasteiger partial charge in [-0.2, -0.15) is 4.68 Å². The molecule has 0 bridgehead atoms. The van der Waals surface area contributed by atoms with Crippen LogP contribution in [0.15, 0.2) is 53.7 Å². The van der Waals surface area contributed by atoms with E-state index in [0.29, 0.717) is 18.1 Å². The van der Waals surface area contributed by atoms with Gasteiger partial charge in [0.25, 0.3) is 0 Å². The highest BCUT2D eigenvalue weighted by Gasteiger charge is 2.09. The molecule has 1 aromatic heterocycles. The smallest absolute Gasteiger partial charge is 0.214 e. The van der Waals surface area contributed by atoms with Crippen LogP contribution in [0.4, 0.5) is 0 Å². The third kappa shape index (κ3) is 6.45. The molecule has 30 heavy (non-hydrogen) atoms. The van der Waals surface area contributed by atoms with Crippen LogP contribution in [0.3, 0.4) is 0 Å². The highest BCUT2D eigenvalue weighted by molar-refractivity contribution is 7.99. The highest BCUT2D eigenvalue weighted by Crippen LogP contribution is 2.28. The fraction of sp³-hybridized carbons (Fsp3) is 0.381. The highest BCUT2D eigenvalue weighted by atomic mass is 32.2. The Hall–Kier alpha value is -2.62. The number of thioether (sulfide) groups is 1. The molecule has 0 atom stereocenters. The maximum absolute atomic E-state index is 8.93. The van der Waals surface area contributed by atoms with E-state index in [0.717, 1.165) is 41.7 Å². The standard InChI is InChI=1S/C21H27N5O3S/c1-2-28-20-15-17(9-10-19(20)29-13-12-27)16-22-11-6-14-30-21-23-24-25-26(21)18-7-4-3-5-8-18/h3-5,7-10,15,22,27H,2,6,11-14,16H2,1H3. The van der Waals surface area contributed by atoms with Gasteiger partial charge in [0, 0.05) is 12.3 Å². The summed E-state index contributed by atoms with van der Waals surface area (Å²) in [6.07, 6.45) is 0.988. The minimum atomic E-state index is -0.0232. The lowest BCUT2D eigenvalue weighted by Gasteiger charge is -2.13. The Kier molecular flexibility index (Phi) is 8.95. The molecule has 0 aliphatic heterocycles. The Morgan fingerprint density at radius 1 is 1.10 bits per heavy atom. The van der Waals surface area contributed by atoms with Gasteiger partial charge in [0.15, 0.2) is 11.5 Å². The summed E-state index contributed by atoms with van der Waals surface area (Å²) in [5.74, 6) is 2.27. The van der Waals surface area contributed by atoms with E-state index < -0.39 is 0 Å². The number of ether oxygens (including phenoxy) is 2. The molecule has 160 valence electrons. The molecule has 9 heteroatoms. The first-order valence-corrected chi connectivity index (χ1v) is 11.0. The maximum Gasteiger partial charge on any atom is 0.214 e. The van der Waals surface area contributed by atoms with Crippen molar-refractivity contribution in [1.82, 2.24) is 25.5 Å². The molecule has 0 radical (unpaired) electrons. The van der Waals surface area contributed by atoms with Crippen molar-refractivity contribution in [3.05, 3.63) is 54.1 Å². The first kappa shape index (κ1) is 22.1. The number of para-hydroxylation sites is 1. The van der Waals surface area contributed by atoms with E-state index in [1.807, 2.05) is 55.5 Å². The predicted molar refractivity (Wildman–Crippen MR) is 116 cm³/mol. The normalized spacial score (nSPS) is 10.9. The maximum atomic E-state index is 8.93. The number of aliphatic hydroxyl groups excluding tert-OH is 1. The lowest BCUT2D eigenvalue weighted by molar-refractivity contribution is 0.194. The van der Waals surface area contributed by atoms with Crippen LogP contribution in [0, 0.1) is 0 Å². The van der Waals surface area contributed by atoms with Crippen molar-refractivity contribution in [2.75, 3.05) is 32.1 Å². The van der Waals surface area contributed by atoms with Crippen molar-refractivity contribution in [3.63, 3.8) is 0 Å². The van der Waals surface area contributed by atoms with Crippen LogP contribution < -0.4 is 14.8 Å². The number of tetrazole rings is 1. The molecule has 0 spiro atoms. The second-order valence-corrected chi connectivity index (χ2v) is 7.44. The van der Waals surface area contributed by atoms with Crippen molar-refractivity contribution in [1.29, 1.82) is 0 Å². The lowest BCUT2D eigenvalue weighted by Crippen LogP contribution is -2.15. The minimum absolute atomic E-state index is 0.0232. The minimum Gasteiger partial charge on any atom is -0.490 e. The van der Waals surface area contributed by atoms with E-state index in [9.17, 15) is 0 Å². The lowest BCUT2D eigenvalue weighted by atomic mass is 10.2. The Morgan fingerprint density at radius 3 is 2.77 bits per heavy atom. The van der Waals surface area contributed by atoms with Gasteiger partial charge in [0.2, 0.25) is 5.16 Å². The van der Waals surface area contributed by atoms with Crippen LogP contribution in [0.1, 0.15) is 18.9 Å². The van der Waals surface area contributed by atoms with E-state index >= 15 is 0 Å². The fourth-order valence-corrected chi connectivity index (χ4v) is 3.63. The molecule has 0 saturated heterocycles. The van der Waals surface area contributed by atoms with Crippen LogP contribution in [-0.2, 0) is 6.54 Å². The summed E-state index contributed by atoms with van der Waals surface area (Å²) in [4.78, 5) is 0. The molecule has 1 heterocycles. The zero-order valence-corrected chi connectivity index (χ0v) is 17.8. The Labute approximate surface area is 180 Å². The van der Waals surface area contributed by atoms with Crippen LogP contribution >= 0.6 is 11.8 Å². The van der Waals surface area contributed by atoms with Gasteiger partial charge >= 0.3 is 0 Å². The molecule has 0 aliphatic carbocycles. The van der Waals surface area contributed by atoms with Gasteiger partial charge in [-0.15, -0.1) is 5.10 Å². The van der Waals surface area contributed by atoms with Gasteiger partial charge in [-0.1, -0.05) is 36.0 Å². The van der Waals surface area contributed by atoms with Crippen molar-refractivity contribution in [2.45, 2.75) is 25.0 Å². The molecule has 2 N–H and O–H groups in total. The first-order chi connectivity index (χ1) is 14.8. The number of aliphatic hydroxyl groups is 1. The molecular weight excluding hydrogens is 402 g/mol. The zero-order chi connectivity index (χ0) is 21.0. The van der Waals surface area contributed by atoms with E-state index in [2.05, 4.69) is 20.8 Å². The average Bonchev–Trinajstić information content (AvgIpc) is 3.25. The van der Waals surface area contributed by atoms with Crippen LogP contribution in [-0.4, -0.2) is 57.4 Å². The summed E-state index contributed by atoms with van der Waals surface area (Å²) in [5, 5.41) is 25.2. The Balaban J connectivity index is 1.42. The van der Waals surface area contributed by atoms with Crippen LogP contribution in [0.25, 0.3) is 5.69 Å².